The van der Waals surface area contributed by atoms with Gasteiger partial charge in [0.15, 0.2) is 0 Å². The van der Waals surface area contributed by atoms with Crippen LogP contribution in [0.4, 0.5) is 4.39 Å². The molecule has 1 N–H and O–H groups in total. The highest BCUT2D eigenvalue weighted by Crippen LogP contribution is 2.10. The van der Waals surface area contributed by atoms with Crippen LogP contribution in [0.5, 0.6) is 0 Å². The van der Waals surface area contributed by atoms with Crippen LogP contribution in [0.1, 0.15) is 24.5 Å². The van der Waals surface area contributed by atoms with Gasteiger partial charge >= 0.3 is 0 Å². The molecule has 0 aliphatic carbocycles. The number of benzene rings is 1. The van der Waals surface area contributed by atoms with Crippen molar-refractivity contribution in [2.45, 2.75) is 26.9 Å². The van der Waals surface area contributed by atoms with E-state index in [9.17, 15) is 4.39 Å². The van der Waals surface area contributed by atoms with Crippen LogP contribution in [-0.2, 0) is 11.3 Å². The lowest BCUT2D eigenvalue weighted by Gasteiger charge is -2.07. The van der Waals surface area contributed by atoms with Crippen molar-refractivity contribution in [1.82, 2.24) is 5.32 Å². The van der Waals surface area contributed by atoms with Crippen LogP contribution in [-0.4, -0.2) is 19.7 Å². The number of nitrogens with one attached hydrogen (secondary N) is 1. The molecule has 0 heterocycles. The molecule has 1 rings (SSSR count). The van der Waals surface area contributed by atoms with Gasteiger partial charge in [0, 0.05) is 6.54 Å². The SMILES string of the molecule is CCCNCCOCc1ccc(F)cc1C. The first kappa shape index (κ1) is 13.1. The summed E-state index contributed by atoms with van der Waals surface area (Å²) >= 11 is 0. The zero-order valence-electron chi connectivity index (χ0n) is 10.1. The summed E-state index contributed by atoms with van der Waals surface area (Å²) in [4.78, 5) is 0. The molecule has 3 heteroatoms. The highest BCUT2D eigenvalue weighted by molar-refractivity contribution is 5.25. The Labute approximate surface area is 96.8 Å². The van der Waals surface area contributed by atoms with Gasteiger partial charge in [0.1, 0.15) is 5.82 Å². The summed E-state index contributed by atoms with van der Waals surface area (Å²) in [7, 11) is 0. The third-order valence-electron chi connectivity index (χ3n) is 2.41. The Morgan fingerprint density at radius 3 is 2.81 bits per heavy atom. The normalized spacial score (nSPS) is 10.7. The first-order valence-electron chi connectivity index (χ1n) is 5.77. The Morgan fingerprint density at radius 1 is 1.31 bits per heavy atom. The van der Waals surface area contributed by atoms with E-state index in [2.05, 4.69) is 12.2 Å². The predicted molar refractivity (Wildman–Crippen MR) is 64.0 cm³/mol. The average Bonchev–Trinajstić information content (AvgIpc) is 2.26. The summed E-state index contributed by atoms with van der Waals surface area (Å²) in [6.07, 6.45) is 1.14. The molecule has 0 aromatic heterocycles. The Balaban J connectivity index is 2.21. The quantitative estimate of drug-likeness (QED) is 0.720. The topological polar surface area (TPSA) is 21.3 Å². The number of rotatable bonds is 7. The van der Waals surface area contributed by atoms with E-state index in [1.807, 2.05) is 6.92 Å². The van der Waals surface area contributed by atoms with Crippen LogP contribution >= 0.6 is 0 Å². The number of halogens is 1. The smallest absolute Gasteiger partial charge is 0.123 e. The number of hydrogen-bond donors (Lipinski definition) is 1. The summed E-state index contributed by atoms with van der Waals surface area (Å²) in [5.41, 5.74) is 2.00. The van der Waals surface area contributed by atoms with Crippen molar-refractivity contribution in [1.29, 1.82) is 0 Å². The average molecular weight is 225 g/mol. The lowest BCUT2D eigenvalue weighted by atomic mass is 10.1. The summed E-state index contributed by atoms with van der Waals surface area (Å²) in [6.45, 7) is 7.18. The maximum Gasteiger partial charge on any atom is 0.123 e. The summed E-state index contributed by atoms with van der Waals surface area (Å²) in [6, 6.07) is 4.79. The van der Waals surface area contributed by atoms with E-state index >= 15 is 0 Å². The second kappa shape index (κ2) is 7.36. The van der Waals surface area contributed by atoms with Crippen molar-refractivity contribution >= 4 is 0 Å². The van der Waals surface area contributed by atoms with Crippen molar-refractivity contribution in [2.24, 2.45) is 0 Å². The van der Waals surface area contributed by atoms with Crippen LogP contribution in [0.3, 0.4) is 0 Å². The van der Waals surface area contributed by atoms with E-state index in [0.29, 0.717) is 13.2 Å². The predicted octanol–water partition coefficient (Wildman–Crippen LogP) is 2.65. The Bertz CT molecular complexity index is 315. The number of aryl methyl sites for hydroxylation is 1. The van der Waals surface area contributed by atoms with Gasteiger partial charge in [-0.25, -0.2) is 4.39 Å². The van der Waals surface area contributed by atoms with Crippen molar-refractivity contribution < 1.29 is 9.13 Å². The lowest BCUT2D eigenvalue weighted by molar-refractivity contribution is 0.122. The van der Waals surface area contributed by atoms with Gasteiger partial charge in [-0.2, -0.15) is 0 Å². The van der Waals surface area contributed by atoms with Crippen LogP contribution in [0.25, 0.3) is 0 Å². The zero-order chi connectivity index (χ0) is 11.8. The Kier molecular flexibility index (Phi) is 6.04. The van der Waals surface area contributed by atoms with Gasteiger partial charge in [-0.3, -0.25) is 0 Å². The fourth-order valence-electron chi connectivity index (χ4n) is 1.45. The monoisotopic (exact) mass is 225 g/mol. The zero-order valence-corrected chi connectivity index (χ0v) is 10.1. The third-order valence-corrected chi connectivity index (χ3v) is 2.41. The van der Waals surface area contributed by atoms with Crippen molar-refractivity contribution in [3.05, 3.63) is 35.1 Å². The van der Waals surface area contributed by atoms with Crippen molar-refractivity contribution in [3.8, 4) is 0 Å². The van der Waals surface area contributed by atoms with E-state index in [-0.39, 0.29) is 5.82 Å². The molecule has 0 unspecified atom stereocenters. The molecule has 1 aromatic rings. The largest absolute Gasteiger partial charge is 0.375 e. The van der Waals surface area contributed by atoms with Crippen LogP contribution in [0.2, 0.25) is 0 Å². The molecular weight excluding hydrogens is 205 g/mol. The fourth-order valence-corrected chi connectivity index (χ4v) is 1.45. The highest BCUT2D eigenvalue weighted by atomic mass is 19.1. The van der Waals surface area contributed by atoms with Crippen molar-refractivity contribution in [2.75, 3.05) is 19.7 Å². The van der Waals surface area contributed by atoms with Gasteiger partial charge in [0.2, 0.25) is 0 Å². The summed E-state index contributed by atoms with van der Waals surface area (Å²) in [5, 5.41) is 3.26. The highest BCUT2D eigenvalue weighted by Gasteiger charge is 1.99. The molecule has 90 valence electrons. The molecule has 0 fully saturated rings. The van der Waals surface area contributed by atoms with E-state index in [0.717, 1.165) is 30.6 Å². The summed E-state index contributed by atoms with van der Waals surface area (Å²) < 4.78 is 18.3. The molecule has 0 saturated carbocycles. The minimum atomic E-state index is -0.189. The van der Waals surface area contributed by atoms with E-state index < -0.39 is 0 Å². The maximum atomic E-state index is 12.8. The van der Waals surface area contributed by atoms with Crippen molar-refractivity contribution in [3.63, 3.8) is 0 Å². The first-order valence-corrected chi connectivity index (χ1v) is 5.77. The molecule has 0 amide bonds. The second-order valence-electron chi connectivity index (χ2n) is 3.87. The molecule has 0 bridgehead atoms. The number of ether oxygens (including phenoxy) is 1. The molecule has 0 aliphatic heterocycles. The van der Waals surface area contributed by atoms with Gasteiger partial charge in [-0.1, -0.05) is 13.0 Å². The van der Waals surface area contributed by atoms with Gasteiger partial charge in [-0.15, -0.1) is 0 Å². The van der Waals surface area contributed by atoms with Crippen LogP contribution in [0, 0.1) is 12.7 Å². The lowest BCUT2D eigenvalue weighted by Crippen LogP contribution is -2.20. The molecule has 0 aliphatic rings. The van der Waals surface area contributed by atoms with E-state index in [4.69, 9.17) is 4.74 Å². The van der Waals surface area contributed by atoms with E-state index in [1.54, 1.807) is 6.07 Å². The van der Waals surface area contributed by atoms with E-state index in [1.165, 1.54) is 12.1 Å². The molecule has 0 saturated heterocycles. The molecule has 0 atom stereocenters. The van der Waals surface area contributed by atoms with Gasteiger partial charge < -0.3 is 10.1 Å². The maximum absolute atomic E-state index is 12.8. The van der Waals surface area contributed by atoms with Gasteiger partial charge in [0.05, 0.1) is 13.2 Å². The molecule has 0 radical (unpaired) electrons. The molecule has 2 nitrogen and oxygen atoms in total. The Hall–Kier alpha value is -0.930. The first-order chi connectivity index (χ1) is 7.74. The second-order valence-corrected chi connectivity index (χ2v) is 3.87. The minimum absolute atomic E-state index is 0.189. The minimum Gasteiger partial charge on any atom is -0.375 e. The van der Waals surface area contributed by atoms with Gasteiger partial charge in [-0.05, 0) is 43.1 Å². The molecule has 16 heavy (non-hydrogen) atoms. The van der Waals surface area contributed by atoms with Crippen LogP contribution in [0.15, 0.2) is 18.2 Å². The molecular formula is C13H20FNO. The standard InChI is InChI=1S/C13H20FNO/c1-3-6-15-7-8-16-10-12-4-5-13(14)9-11(12)2/h4-5,9,15H,3,6-8,10H2,1-2H3. The molecule has 1 aromatic carbocycles. The van der Waals surface area contributed by atoms with Gasteiger partial charge in [0.25, 0.3) is 0 Å². The number of hydrogen-bond acceptors (Lipinski definition) is 2. The summed E-state index contributed by atoms with van der Waals surface area (Å²) in [5.74, 6) is -0.189. The molecule has 0 spiro atoms. The Morgan fingerprint density at radius 2 is 2.12 bits per heavy atom. The fraction of sp³-hybridized carbons (Fsp3) is 0.538. The van der Waals surface area contributed by atoms with Crippen LogP contribution < -0.4 is 5.32 Å². The third kappa shape index (κ3) is 4.73.